The third kappa shape index (κ3) is 7.59. The van der Waals surface area contributed by atoms with Gasteiger partial charge in [-0.1, -0.05) is 47.5 Å². The SMILES string of the molecule is COc1cc(-c2nccc(-c3cccc(-c4ccc(CNC[C@H]5CCC(=O)N5)c(OC)n4)c3Cl)c2Cl)cc(F)c1CNCC(C)O. The lowest BCUT2D eigenvalue weighted by molar-refractivity contribution is -0.119. The highest BCUT2D eigenvalue weighted by atomic mass is 35.5. The fourth-order valence-corrected chi connectivity index (χ4v) is 6.09. The van der Waals surface area contributed by atoms with Crippen molar-refractivity contribution in [2.75, 3.05) is 27.3 Å². The summed E-state index contributed by atoms with van der Waals surface area (Å²) in [5.41, 5.74) is 4.60. The molecule has 2 aromatic carbocycles. The molecule has 3 heterocycles. The van der Waals surface area contributed by atoms with Crippen LogP contribution >= 0.6 is 23.2 Å². The molecule has 1 amide bonds. The van der Waals surface area contributed by atoms with Crippen LogP contribution in [0, 0.1) is 5.82 Å². The molecule has 9 nitrogen and oxygen atoms in total. The zero-order valence-electron chi connectivity index (χ0n) is 25.8. The molecule has 2 atom stereocenters. The summed E-state index contributed by atoms with van der Waals surface area (Å²) in [6, 6.07) is 14.3. The maximum atomic E-state index is 15.3. The minimum Gasteiger partial charge on any atom is -0.496 e. The minimum absolute atomic E-state index is 0.0836. The van der Waals surface area contributed by atoms with Crippen LogP contribution < -0.4 is 25.4 Å². The van der Waals surface area contributed by atoms with Crippen molar-refractivity contribution in [1.82, 2.24) is 25.9 Å². The number of carbonyl (C=O) groups excluding carboxylic acids is 1. The van der Waals surface area contributed by atoms with E-state index in [9.17, 15) is 9.90 Å². The average molecular weight is 669 g/mol. The molecule has 242 valence electrons. The van der Waals surface area contributed by atoms with Crippen molar-refractivity contribution in [1.29, 1.82) is 0 Å². The molecule has 1 unspecified atom stereocenters. The van der Waals surface area contributed by atoms with Gasteiger partial charge >= 0.3 is 0 Å². The topological polar surface area (TPSA) is 118 Å². The van der Waals surface area contributed by atoms with Gasteiger partial charge in [-0.05, 0) is 37.6 Å². The second-order valence-corrected chi connectivity index (χ2v) is 11.9. The molecule has 1 fully saturated rings. The smallest absolute Gasteiger partial charge is 0.220 e. The van der Waals surface area contributed by atoms with Crippen LogP contribution in [0.4, 0.5) is 4.39 Å². The Morgan fingerprint density at radius 3 is 2.54 bits per heavy atom. The van der Waals surface area contributed by atoms with Crippen molar-refractivity contribution < 1.29 is 23.8 Å². The number of hydrogen-bond acceptors (Lipinski definition) is 8. The van der Waals surface area contributed by atoms with Gasteiger partial charge in [0.1, 0.15) is 11.6 Å². The van der Waals surface area contributed by atoms with Crippen molar-refractivity contribution in [2.45, 2.75) is 45.0 Å². The number of methoxy groups -OCH3 is 2. The molecule has 2 aromatic heterocycles. The minimum atomic E-state index is -0.567. The van der Waals surface area contributed by atoms with Crippen LogP contribution in [-0.2, 0) is 17.9 Å². The Morgan fingerprint density at radius 1 is 1.04 bits per heavy atom. The number of ether oxygens (including phenoxy) is 2. The summed E-state index contributed by atoms with van der Waals surface area (Å²) in [5.74, 6) is 0.395. The summed E-state index contributed by atoms with van der Waals surface area (Å²) in [6.45, 7) is 3.32. The van der Waals surface area contributed by atoms with Crippen LogP contribution in [0.15, 0.2) is 54.7 Å². The fourth-order valence-electron chi connectivity index (χ4n) is 5.44. The van der Waals surface area contributed by atoms with Gasteiger partial charge < -0.3 is 30.5 Å². The molecule has 0 radical (unpaired) electrons. The van der Waals surface area contributed by atoms with E-state index in [0.717, 1.165) is 12.0 Å². The number of hydrogen-bond donors (Lipinski definition) is 4. The van der Waals surface area contributed by atoms with Crippen molar-refractivity contribution in [3.8, 4) is 45.3 Å². The Balaban J connectivity index is 1.41. The van der Waals surface area contributed by atoms with E-state index in [0.29, 0.717) is 86.9 Å². The summed E-state index contributed by atoms with van der Waals surface area (Å²) in [5, 5.41) is 19.6. The molecule has 0 spiro atoms. The third-order valence-electron chi connectivity index (χ3n) is 7.77. The van der Waals surface area contributed by atoms with Gasteiger partial charge in [-0.15, -0.1) is 0 Å². The number of aliphatic hydroxyl groups is 1. The van der Waals surface area contributed by atoms with Crippen molar-refractivity contribution >= 4 is 29.1 Å². The average Bonchev–Trinajstić information content (AvgIpc) is 3.46. The fraction of sp³-hybridized carbons (Fsp3) is 0.324. The number of aromatic nitrogens is 2. The first-order valence-corrected chi connectivity index (χ1v) is 15.7. The Bertz CT molecular complexity index is 1720. The highest BCUT2D eigenvalue weighted by Crippen LogP contribution is 2.42. The number of carbonyl (C=O) groups is 1. The highest BCUT2D eigenvalue weighted by molar-refractivity contribution is 6.39. The number of pyridine rings is 2. The molecular formula is C34H36Cl2FN5O4. The lowest BCUT2D eigenvalue weighted by atomic mass is 9.99. The largest absolute Gasteiger partial charge is 0.496 e. The first kappa shape index (κ1) is 33.6. The summed E-state index contributed by atoms with van der Waals surface area (Å²) < 4.78 is 26.4. The number of rotatable bonds is 13. The monoisotopic (exact) mass is 667 g/mol. The molecule has 46 heavy (non-hydrogen) atoms. The van der Waals surface area contributed by atoms with Crippen molar-refractivity contribution in [2.24, 2.45) is 0 Å². The van der Waals surface area contributed by atoms with Gasteiger partial charge in [0.15, 0.2) is 0 Å². The van der Waals surface area contributed by atoms with Crippen LogP contribution in [0.3, 0.4) is 0 Å². The first-order valence-electron chi connectivity index (χ1n) is 14.9. The highest BCUT2D eigenvalue weighted by Gasteiger charge is 2.22. The number of aliphatic hydroxyl groups excluding tert-OH is 1. The predicted octanol–water partition coefficient (Wildman–Crippen LogP) is 5.78. The normalized spacial score (nSPS) is 15.1. The Morgan fingerprint density at radius 2 is 1.83 bits per heavy atom. The molecule has 1 aliphatic rings. The van der Waals surface area contributed by atoms with E-state index in [1.807, 2.05) is 30.3 Å². The Hall–Kier alpha value is -3.80. The second-order valence-electron chi connectivity index (χ2n) is 11.1. The van der Waals surface area contributed by atoms with E-state index in [2.05, 4.69) is 20.9 Å². The number of amides is 1. The lowest BCUT2D eigenvalue weighted by Crippen LogP contribution is -2.35. The zero-order chi connectivity index (χ0) is 32.8. The van der Waals surface area contributed by atoms with Gasteiger partial charge in [-0.3, -0.25) is 9.78 Å². The van der Waals surface area contributed by atoms with E-state index < -0.39 is 11.9 Å². The van der Waals surface area contributed by atoms with E-state index in [1.54, 1.807) is 32.4 Å². The van der Waals surface area contributed by atoms with E-state index in [4.69, 9.17) is 37.7 Å². The molecule has 1 saturated heterocycles. The van der Waals surface area contributed by atoms with Crippen molar-refractivity contribution in [3.05, 3.63) is 81.7 Å². The van der Waals surface area contributed by atoms with Gasteiger partial charge in [0.2, 0.25) is 11.8 Å². The third-order valence-corrected chi connectivity index (χ3v) is 8.56. The second kappa shape index (κ2) is 15.2. The van der Waals surface area contributed by atoms with E-state index in [1.165, 1.54) is 13.2 Å². The summed E-state index contributed by atoms with van der Waals surface area (Å²) in [4.78, 5) is 20.7. The molecule has 4 N–H and O–H groups in total. The van der Waals surface area contributed by atoms with Crippen LogP contribution in [0.2, 0.25) is 10.0 Å². The lowest BCUT2D eigenvalue weighted by Gasteiger charge is -2.16. The van der Waals surface area contributed by atoms with Gasteiger partial charge in [0, 0.05) is 78.2 Å². The number of benzene rings is 2. The molecule has 12 heteroatoms. The summed E-state index contributed by atoms with van der Waals surface area (Å²) in [7, 11) is 3.04. The van der Waals surface area contributed by atoms with E-state index in [-0.39, 0.29) is 18.5 Å². The Kier molecular flexibility index (Phi) is 11.1. The quantitative estimate of drug-likeness (QED) is 0.142. The molecule has 0 bridgehead atoms. The summed E-state index contributed by atoms with van der Waals surface area (Å²) >= 11 is 13.9. The number of halogens is 3. The maximum absolute atomic E-state index is 15.3. The van der Waals surface area contributed by atoms with Gasteiger partial charge in [-0.2, -0.15) is 0 Å². The number of nitrogens with one attached hydrogen (secondary N) is 3. The zero-order valence-corrected chi connectivity index (χ0v) is 27.3. The standard InChI is InChI=1S/C34H36Cl2FN5O4/c1-19(43)15-38-18-26-27(37)13-21(14-29(26)45-2)33-32(36)24(11-12-40-33)23-5-4-6-25(31(23)35)28-9-7-20(34(42-28)46-3)16-39-17-22-8-10-30(44)41-22/h4-7,9,11-14,19,22,38-39,43H,8,10,15-18H2,1-3H3,(H,41,44)/t19?,22-/m1/s1. The molecular weight excluding hydrogens is 632 g/mol. The molecule has 0 aliphatic carbocycles. The van der Waals surface area contributed by atoms with Gasteiger partial charge in [0.05, 0.1) is 41.8 Å². The summed E-state index contributed by atoms with van der Waals surface area (Å²) in [6.07, 6.45) is 2.41. The van der Waals surface area contributed by atoms with Crippen LogP contribution in [0.1, 0.15) is 30.9 Å². The first-order chi connectivity index (χ1) is 22.2. The predicted molar refractivity (Wildman–Crippen MR) is 178 cm³/mol. The van der Waals surface area contributed by atoms with Gasteiger partial charge in [0.25, 0.3) is 0 Å². The molecule has 1 aliphatic heterocycles. The van der Waals surface area contributed by atoms with Gasteiger partial charge in [-0.25, -0.2) is 9.37 Å². The van der Waals surface area contributed by atoms with Crippen LogP contribution in [0.25, 0.3) is 33.6 Å². The Labute approximate surface area is 277 Å². The van der Waals surface area contributed by atoms with E-state index >= 15 is 4.39 Å². The molecule has 4 aromatic rings. The van der Waals surface area contributed by atoms with Crippen molar-refractivity contribution in [3.63, 3.8) is 0 Å². The number of nitrogens with zero attached hydrogens (tertiary/aromatic N) is 2. The molecule has 0 saturated carbocycles. The van der Waals surface area contributed by atoms with Crippen LogP contribution in [-0.4, -0.2) is 60.4 Å². The van der Waals surface area contributed by atoms with Crippen LogP contribution in [0.5, 0.6) is 11.6 Å². The maximum Gasteiger partial charge on any atom is 0.220 e. The molecule has 5 rings (SSSR count).